The first kappa shape index (κ1) is 64.3. The Balaban J connectivity index is 3.63. The molecule has 0 aliphatic carbocycles. The molecule has 388 valence electrons. The SMILES string of the molecule is CCCCCCCCCCCCCCC/C=C/[C@@H](O)[C@H](COP(=O)(O)O)NC(=O)CCCCCCCCCCCCCCCCCCCCCCCCCCCCCCCCCCCC. The number of carbonyl (C=O) groups is 1. The normalized spacial score (nSPS) is 13.0. The fourth-order valence-electron chi connectivity index (χ4n) is 9.35. The van der Waals surface area contributed by atoms with Crippen LogP contribution in [0.25, 0.3) is 0 Å². The van der Waals surface area contributed by atoms with E-state index in [2.05, 4.69) is 23.7 Å². The number of rotatable bonds is 55. The van der Waals surface area contributed by atoms with Crippen molar-refractivity contribution in [2.45, 2.75) is 341 Å². The molecule has 1 amide bonds. The summed E-state index contributed by atoms with van der Waals surface area (Å²) in [6.45, 7) is 4.12. The van der Waals surface area contributed by atoms with Gasteiger partial charge in [-0.3, -0.25) is 9.32 Å². The van der Waals surface area contributed by atoms with Crippen LogP contribution in [-0.4, -0.2) is 39.6 Å². The molecular formula is C57H114NO6P. The second-order valence-electron chi connectivity index (χ2n) is 20.3. The van der Waals surface area contributed by atoms with Crippen molar-refractivity contribution in [1.29, 1.82) is 0 Å². The lowest BCUT2D eigenvalue weighted by atomic mass is 10.0. The van der Waals surface area contributed by atoms with E-state index in [0.29, 0.717) is 6.42 Å². The van der Waals surface area contributed by atoms with Crippen molar-refractivity contribution in [2.24, 2.45) is 0 Å². The Labute approximate surface area is 405 Å². The molecule has 4 N–H and O–H groups in total. The summed E-state index contributed by atoms with van der Waals surface area (Å²) in [6, 6.07) is -0.906. The minimum absolute atomic E-state index is 0.218. The lowest BCUT2D eigenvalue weighted by Gasteiger charge is -2.22. The number of allylic oxidation sites excluding steroid dienone is 1. The van der Waals surface area contributed by atoms with Crippen LogP contribution in [0, 0.1) is 0 Å². The van der Waals surface area contributed by atoms with E-state index in [1.807, 2.05) is 6.08 Å². The zero-order valence-electron chi connectivity index (χ0n) is 43.7. The second kappa shape index (κ2) is 52.6. The Morgan fingerprint density at radius 2 is 0.677 bits per heavy atom. The van der Waals surface area contributed by atoms with E-state index in [1.165, 1.54) is 270 Å². The van der Waals surface area contributed by atoms with E-state index < -0.39 is 26.6 Å². The Morgan fingerprint density at radius 1 is 0.431 bits per heavy atom. The number of unbranched alkanes of at least 4 members (excludes halogenated alkanes) is 46. The van der Waals surface area contributed by atoms with Gasteiger partial charge in [-0.25, -0.2) is 4.57 Å². The van der Waals surface area contributed by atoms with Crippen molar-refractivity contribution in [3.05, 3.63) is 12.2 Å². The van der Waals surface area contributed by atoms with Crippen molar-refractivity contribution < 1.29 is 28.8 Å². The van der Waals surface area contributed by atoms with Gasteiger partial charge in [0.2, 0.25) is 5.91 Å². The Bertz CT molecular complexity index is 1020. The standard InChI is InChI=1S/C57H114NO6P/c1-3-5-7-9-11-13-15-17-19-20-21-22-23-24-25-26-27-28-29-30-31-32-33-34-35-36-37-39-41-43-45-47-49-51-53-57(60)58-55(54-64-65(61,62)63)56(59)52-50-48-46-44-42-40-38-18-16-14-12-10-8-6-4-2/h50,52,55-56,59H,3-49,51,53-54H2,1-2H3,(H,58,60)(H2,61,62,63)/b52-50+/t55-,56+/m0/s1. The zero-order valence-corrected chi connectivity index (χ0v) is 44.6. The molecule has 0 heterocycles. The first-order chi connectivity index (χ1) is 31.8. The van der Waals surface area contributed by atoms with Crippen LogP contribution in [0.3, 0.4) is 0 Å². The van der Waals surface area contributed by atoms with Crippen molar-refractivity contribution in [1.82, 2.24) is 5.32 Å². The van der Waals surface area contributed by atoms with Crippen LogP contribution in [0.1, 0.15) is 328 Å². The van der Waals surface area contributed by atoms with Gasteiger partial charge in [0.1, 0.15) is 0 Å². The molecule has 0 spiro atoms. The summed E-state index contributed by atoms with van der Waals surface area (Å²) < 4.78 is 16.0. The van der Waals surface area contributed by atoms with Crippen molar-refractivity contribution in [2.75, 3.05) is 6.61 Å². The number of hydrogen-bond donors (Lipinski definition) is 4. The molecule has 0 rings (SSSR count). The number of aliphatic hydroxyl groups is 1. The number of nitrogens with one attached hydrogen (secondary N) is 1. The van der Waals surface area contributed by atoms with Gasteiger partial charge in [0.15, 0.2) is 0 Å². The Morgan fingerprint density at radius 3 is 0.938 bits per heavy atom. The van der Waals surface area contributed by atoms with Crippen LogP contribution in [0.4, 0.5) is 0 Å². The highest BCUT2D eigenvalue weighted by molar-refractivity contribution is 7.46. The number of carbonyl (C=O) groups excluding carboxylic acids is 1. The molecule has 0 fully saturated rings. The van der Waals surface area contributed by atoms with E-state index in [-0.39, 0.29) is 5.91 Å². The summed E-state index contributed by atoms with van der Waals surface area (Å²) in [5.41, 5.74) is 0. The Hall–Kier alpha value is -0.720. The minimum atomic E-state index is -4.72. The number of phosphoric ester groups is 1. The van der Waals surface area contributed by atoms with Crippen LogP contribution in [0.2, 0.25) is 0 Å². The van der Waals surface area contributed by atoms with Gasteiger partial charge in [0, 0.05) is 6.42 Å². The monoisotopic (exact) mass is 940 g/mol. The molecule has 7 nitrogen and oxygen atoms in total. The van der Waals surface area contributed by atoms with Gasteiger partial charge in [0.25, 0.3) is 0 Å². The molecular weight excluding hydrogens is 826 g/mol. The predicted octanol–water partition coefficient (Wildman–Crippen LogP) is 18.7. The van der Waals surface area contributed by atoms with Crippen molar-refractivity contribution >= 4 is 13.7 Å². The number of hydrogen-bond acceptors (Lipinski definition) is 4. The van der Waals surface area contributed by atoms with Gasteiger partial charge in [-0.2, -0.15) is 0 Å². The van der Waals surface area contributed by atoms with E-state index in [9.17, 15) is 24.3 Å². The highest BCUT2D eigenvalue weighted by atomic mass is 31.2. The molecule has 2 atom stereocenters. The van der Waals surface area contributed by atoms with Gasteiger partial charge >= 0.3 is 7.82 Å². The second-order valence-corrected chi connectivity index (χ2v) is 21.6. The molecule has 65 heavy (non-hydrogen) atoms. The first-order valence-corrected chi connectivity index (χ1v) is 30.7. The number of phosphoric acid groups is 1. The minimum Gasteiger partial charge on any atom is -0.387 e. The van der Waals surface area contributed by atoms with Crippen LogP contribution in [0.15, 0.2) is 12.2 Å². The van der Waals surface area contributed by atoms with E-state index in [0.717, 1.165) is 38.5 Å². The number of amides is 1. The molecule has 0 aliphatic rings. The smallest absolute Gasteiger partial charge is 0.387 e. The summed E-state index contributed by atoms with van der Waals surface area (Å²) in [5.74, 6) is -0.218. The van der Waals surface area contributed by atoms with Gasteiger partial charge in [-0.05, 0) is 19.3 Å². The van der Waals surface area contributed by atoms with Crippen LogP contribution >= 0.6 is 7.82 Å². The van der Waals surface area contributed by atoms with Crippen LogP contribution in [-0.2, 0) is 13.9 Å². The van der Waals surface area contributed by atoms with E-state index in [4.69, 9.17) is 0 Å². The molecule has 0 aromatic rings. The van der Waals surface area contributed by atoms with Crippen molar-refractivity contribution in [3.8, 4) is 0 Å². The molecule has 0 bridgehead atoms. The van der Waals surface area contributed by atoms with Crippen molar-refractivity contribution in [3.63, 3.8) is 0 Å². The quantitative estimate of drug-likeness (QED) is 0.0274. The maximum atomic E-state index is 12.7. The van der Waals surface area contributed by atoms with E-state index in [1.54, 1.807) is 6.08 Å². The first-order valence-electron chi connectivity index (χ1n) is 29.1. The van der Waals surface area contributed by atoms with E-state index >= 15 is 0 Å². The van der Waals surface area contributed by atoms with Crippen LogP contribution in [0.5, 0.6) is 0 Å². The predicted molar refractivity (Wildman–Crippen MR) is 283 cm³/mol. The van der Waals surface area contributed by atoms with Gasteiger partial charge < -0.3 is 20.2 Å². The van der Waals surface area contributed by atoms with Gasteiger partial charge in [-0.15, -0.1) is 0 Å². The summed E-state index contributed by atoms with van der Waals surface area (Å²) >= 11 is 0. The molecule has 8 heteroatoms. The summed E-state index contributed by atoms with van der Waals surface area (Å²) in [5, 5.41) is 13.5. The fourth-order valence-corrected chi connectivity index (χ4v) is 9.70. The third kappa shape index (κ3) is 54.1. The van der Waals surface area contributed by atoms with Gasteiger partial charge in [-0.1, -0.05) is 315 Å². The molecule has 0 aromatic carbocycles. The average molecular weight is 941 g/mol. The lowest BCUT2D eigenvalue weighted by molar-refractivity contribution is -0.123. The maximum absolute atomic E-state index is 12.7. The topological polar surface area (TPSA) is 116 Å². The highest BCUT2D eigenvalue weighted by Gasteiger charge is 2.24. The number of aliphatic hydroxyl groups excluding tert-OH is 1. The molecule has 0 aromatic heterocycles. The molecule has 0 unspecified atom stereocenters. The van der Waals surface area contributed by atoms with Gasteiger partial charge in [0.05, 0.1) is 18.8 Å². The summed E-state index contributed by atoms with van der Waals surface area (Å²) in [6.07, 6.45) is 67.3. The lowest BCUT2D eigenvalue weighted by Crippen LogP contribution is -2.45. The molecule has 0 aliphatic heterocycles. The summed E-state index contributed by atoms with van der Waals surface area (Å²) in [7, 11) is -4.72. The molecule has 0 saturated heterocycles. The Kier molecular flexibility index (Phi) is 52.1. The third-order valence-corrected chi connectivity index (χ3v) is 14.2. The third-order valence-electron chi connectivity index (χ3n) is 13.7. The molecule has 0 radical (unpaired) electrons. The molecule has 0 saturated carbocycles. The summed E-state index contributed by atoms with van der Waals surface area (Å²) in [4.78, 5) is 31.1. The largest absolute Gasteiger partial charge is 0.469 e. The fraction of sp³-hybridized carbons (Fsp3) is 0.947. The average Bonchev–Trinajstić information content (AvgIpc) is 3.28. The van der Waals surface area contributed by atoms with Crippen LogP contribution < -0.4 is 5.32 Å². The highest BCUT2D eigenvalue weighted by Crippen LogP contribution is 2.36. The zero-order chi connectivity index (χ0) is 47.4. The maximum Gasteiger partial charge on any atom is 0.469 e.